The van der Waals surface area contributed by atoms with Crippen LogP contribution in [0.25, 0.3) is 0 Å². The Bertz CT molecular complexity index is 353. The summed E-state index contributed by atoms with van der Waals surface area (Å²) >= 11 is 5.51. The Morgan fingerprint density at radius 2 is 2.15 bits per heavy atom. The highest BCUT2D eigenvalue weighted by Crippen LogP contribution is 2.31. The smallest absolute Gasteiger partial charge is 0.291 e. The highest BCUT2D eigenvalue weighted by molar-refractivity contribution is 6.32. The van der Waals surface area contributed by atoms with Gasteiger partial charge in [-0.15, -0.1) is 0 Å². The molecule has 0 saturated carbocycles. The molecule has 0 fully saturated rings. The number of rotatable bonds is 2. The molecule has 13 heavy (non-hydrogen) atoms. The second kappa shape index (κ2) is 3.59. The van der Waals surface area contributed by atoms with Gasteiger partial charge in [0.1, 0.15) is 10.8 Å². The second-order valence-electron chi connectivity index (χ2n) is 2.35. The third kappa shape index (κ3) is 1.88. The maximum absolute atomic E-state index is 10.3. The molecular weight excluding hydrogens is 198 g/mol. The van der Waals surface area contributed by atoms with E-state index < -0.39 is 11.5 Å². The summed E-state index contributed by atoms with van der Waals surface area (Å²) in [4.78, 5) is 9.62. The Morgan fingerprint density at radius 3 is 2.62 bits per heavy atom. The van der Waals surface area contributed by atoms with Gasteiger partial charge in [-0.1, -0.05) is 11.6 Å². The van der Waals surface area contributed by atoms with Crippen LogP contribution in [-0.2, 0) is 6.61 Å². The van der Waals surface area contributed by atoms with Crippen LogP contribution in [0.2, 0.25) is 5.02 Å². The molecule has 0 bridgehead atoms. The number of benzene rings is 1. The zero-order valence-electron chi connectivity index (χ0n) is 6.40. The van der Waals surface area contributed by atoms with E-state index in [1.54, 1.807) is 0 Å². The van der Waals surface area contributed by atoms with Crippen LogP contribution in [0.1, 0.15) is 5.56 Å². The average molecular weight is 204 g/mol. The summed E-state index contributed by atoms with van der Waals surface area (Å²) in [6.45, 7) is -0.413. The van der Waals surface area contributed by atoms with Crippen molar-refractivity contribution in [3.05, 3.63) is 32.8 Å². The minimum atomic E-state index is -0.705. The first kappa shape index (κ1) is 9.76. The van der Waals surface area contributed by atoms with Crippen molar-refractivity contribution in [3.63, 3.8) is 0 Å². The summed E-state index contributed by atoms with van der Waals surface area (Å²) in [5.74, 6) is -0.335. The van der Waals surface area contributed by atoms with Crippen LogP contribution in [0, 0.1) is 10.1 Å². The van der Waals surface area contributed by atoms with Crippen LogP contribution in [0.4, 0.5) is 5.69 Å². The average Bonchev–Trinajstić information content (AvgIpc) is 2.07. The van der Waals surface area contributed by atoms with Gasteiger partial charge in [-0.05, 0) is 6.07 Å². The first-order valence-electron chi connectivity index (χ1n) is 3.33. The van der Waals surface area contributed by atoms with Gasteiger partial charge in [-0.3, -0.25) is 10.1 Å². The maximum Gasteiger partial charge on any atom is 0.291 e. The van der Waals surface area contributed by atoms with Crippen LogP contribution in [-0.4, -0.2) is 15.1 Å². The molecule has 0 spiro atoms. The Hall–Kier alpha value is -1.33. The molecule has 0 atom stereocenters. The lowest BCUT2D eigenvalue weighted by atomic mass is 10.2. The van der Waals surface area contributed by atoms with Gasteiger partial charge in [-0.25, -0.2) is 0 Å². The van der Waals surface area contributed by atoms with Crippen molar-refractivity contribution in [1.82, 2.24) is 0 Å². The van der Waals surface area contributed by atoms with Crippen LogP contribution in [0.5, 0.6) is 5.75 Å². The second-order valence-corrected chi connectivity index (χ2v) is 2.75. The summed E-state index contributed by atoms with van der Waals surface area (Å²) in [7, 11) is 0. The normalized spacial score (nSPS) is 10.0. The zero-order chi connectivity index (χ0) is 10.0. The van der Waals surface area contributed by atoms with E-state index in [1.807, 2.05) is 0 Å². The van der Waals surface area contributed by atoms with E-state index in [0.717, 1.165) is 12.1 Å². The number of nitro groups is 1. The van der Waals surface area contributed by atoms with Gasteiger partial charge in [0, 0.05) is 5.56 Å². The Balaban J connectivity index is 3.28. The van der Waals surface area contributed by atoms with E-state index in [1.165, 1.54) is 0 Å². The van der Waals surface area contributed by atoms with Crippen molar-refractivity contribution in [2.75, 3.05) is 0 Å². The number of nitro benzene ring substituents is 1. The SMILES string of the molecule is O=[N+]([O-])c1cc(O)c(CO)cc1Cl. The van der Waals surface area contributed by atoms with Gasteiger partial charge in [0.25, 0.3) is 5.69 Å². The minimum Gasteiger partial charge on any atom is -0.507 e. The van der Waals surface area contributed by atoms with Crippen molar-refractivity contribution in [1.29, 1.82) is 0 Å². The van der Waals surface area contributed by atoms with E-state index in [2.05, 4.69) is 0 Å². The van der Waals surface area contributed by atoms with Crippen LogP contribution >= 0.6 is 11.6 Å². The summed E-state index contributed by atoms with van der Waals surface area (Å²) in [6, 6.07) is 2.07. The standard InChI is InChI=1S/C7H6ClNO4/c8-5-1-4(3-10)7(11)2-6(5)9(12)13/h1-2,10-11H,3H2. The Morgan fingerprint density at radius 1 is 1.54 bits per heavy atom. The highest BCUT2D eigenvalue weighted by atomic mass is 35.5. The van der Waals surface area contributed by atoms with Gasteiger partial charge in [-0.2, -0.15) is 0 Å². The van der Waals surface area contributed by atoms with Gasteiger partial charge >= 0.3 is 0 Å². The Kier molecular flexibility index (Phi) is 2.69. The number of hydrogen-bond acceptors (Lipinski definition) is 4. The molecule has 0 aliphatic rings. The minimum absolute atomic E-state index is 0.105. The predicted octanol–water partition coefficient (Wildman–Crippen LogP) is 1.45. The van der Waals surface area contributed by atoms with E-state index in [-0.39, 0.29) is 22.0 Å². The van der Waals surface area contributed by atoms with Crippen molar-refractivity contribution in [2.24, 2.45) is 0 Å². The molecule has 0 unspecified atom stereocenters. The summed E-state index contributed by atoms with van der Waals surface area (Å²) in [6.07, 6.45) is 0. The Labute approximate surface area is 78.3 Å². The molecule has 0 heterocycles. The molecule has 5 nitrogen and oxygen atoms in total. The molecule has 0 saturated heterocycles. The fourth-order valence-electron chi connectivity index (χ4n) is 0.859. The number of nitrogens with zero attached hydrogens (tertiary/aromatic N) is 1. The fraction of sp³-hybridized carbons (Fsp3) is 0.143. The highest BCUT2D eigenvalue weighted by Gasteiger charge is 2.15. The number of aliphatic hydroxyl groups is 1. The summed E-state index contributed by atoms with van der Waals surface area (Å²) in [5.41, 5.74) is -0.216. The summed E-state index contributed by atoms with van der Waals surface area (Å²) in [5, 5.41) is 28.0. The zero-order valence-corrected chi connectivity index (χ0v) is 7.15. The molecule has 0 aromatic heterocycles. The number of aliphatic hydroxyl groups excluding tert-OH is 1. The van der Waals surface area contributed by atoms with Gasteiger partial charge < -0.3 is 10.2 Å². The molecule has 0 aliphatic heterocycles. The fourth-order valence-corrected chi connectivity index (χ4v) is 1.11. The molecule has 0 radical (unpaired) electrons. The molecule has 2 N–H and O–H groups in total. The molecule has 0 aliphatic carbocycles. The monoisotopic (exact) mass is 203 g/mol. The van der Waals surface area contributed by atoms with Crippen LogP contribution in [0.15, 0.2) is 12.1 Å². The predicted molar refractivity (Wildman–Crippen MR) is 45.7 cm³/mol. The number of aromatic hydroxyl groups is 1. The molecular formula is C7H6ClNO4. The van der Waals surface area contributed by atoms with Gasteiger partial charge in [0.15, 0.2) is 0 Å². The van der Waals surface area contributed by atoms with Crippen molar-refractivity contribution >= 4 is 17.3 Å². The van der Waals surface area contributed by atoms with Crippen LogP contribution < -0.4 is 0 Å². The summed E-state index contributed by atoms with van der Waals surface area (Å²) < 4.78 is 0. The molecule has 0 amide bonds. The number of hydrogen-bond donors (Lipinski definition) is 2. The lowest BCUT2D eigenvalue weighted by Crippen LogP contribution is -1.92. The quantitative estimate of drug-likeness (QED) is 0.563. The van der Waals surface area contributed by atoms with E-state index >= 15 is 0 Å². The molecule has 1 rings (SSSR count). The van der Waals surface area contributed by atoms with E-state index in [0.29, 0.717) is 0 Å². The topological polar surface area (TPSA) is 83.6 Å². The molecule has 1 aromatic carbocycles. The number of halogens is 1. The maximum atomic E-state index is 10.3. The van der Waals surface area contributed by atoms with Crippen LogP contribution in [0.3, 0.4) is 0 Å². The van der Waals surface area contributed by atoms with E-state index in [9.17, 15) is 10.1 Å². The number of phenols is 1. The third-order valence-corrected chi connectivity index (χ3v) is 1.82. The van der Waals surface area contributed by atoms with Crippen molar-refractivity contribution in [2.45, 2.75) is 6.61 Å². The lowest BCUT2D eigenvalue weighted by Gasteiger charge is -2.01. The molecule has 6 heteroatoms. The van der Waals surface area contributed by atoms with Crippen molar-refractivity contribution < 1.29 is 15.1 Å². The van der Waals surface area contributed by atoms with E-state index in [4.69, 9.17) is 21.8 Å². The van der Waals surface area contributed by atoms with Gasteiger partial charge in [0.2, 0.25) is 0 Å². The molecule has 1 aromatic rings. The largest absolute Gasteiger partial charge is 0.507 e. The lowest BCUT2D eigenvalue weighted by molar-refractivity contribution is -0.384. The first-order chi connectivity index (χ1) is 6.06. The van der Waals surface area contributed by atoms with Gasteiger partial charge in [0.05, 0.1) is 17.6 Å². The first-order valence-corrected chi connectivity index (χ1v) is 3.70. The molecule has 70 valence electrons. The van der Waals surface area contributed by atoms with Crippen molar-refractivity contribution in [3.8, 4) is 5.75 Å². The third-order valence-electron chi connectivity index (χ3n) is 1.52.